The van der Waals surface area contributed by atoms with E-state index in [1.807, 2.05) is 13.8 Å². The van der Waals surface area contributed by atoms with Gasteiger partial charge in [0.2, 0.25) is 0 Å². The highest BCUT2D eigenvalue weighted by Gasteiger charge is 2.55. The number of fused-ring (bicyclic) bond motifs is 1. The van der Waals surface area contributed by atoms with E-state index in [1.54, 1.807) is 0 Å². The molecule has 3 rings (SSSR count). The molecular weight excluding hydrogens is 413 g/mol. The van der Waals surface area contributed by atoms with Gasteiger partial charge >= 0.3 is 5.69 Å². The minimum absolute atomic E-state index is 0.00169. The summed E-state index contributed by atoms with van der Waals surface area (Å²) in [6, 6.07) is 0. The number of ether oxygens (including phenoxy) is 3. The van der Waals surface area contributed by atoms with Gasteiger partial charge < -0.3 is 19.9 Å². The standard InChI is InChI=1S/C12H15ClIN3O4/c1-12(2)20-7-6(3-14)19-10(8(7)21-12)17-4-5(13)9(15)16-11(17)18/h4,6-8,10H,3H2,1-2H3,(H2,15,16,18)/t6-,7?,8+,10-/m1/s1. The van der Waals surface area contributed by atoms with E-state index < -0.39 is 17.7 Å². The summed E-state index contributed by atoms with van der Waals surface area (Å²) < 4.78 is 19.7. The molecule has 0 amide bonds. The van der Waals surface area contributed by atoms with E-state index in [2.05, 4.69) is 27.6 Å². The molecule has 2 fully saturated rings. The lowest BCUT2D eigenvalue weighted by molar-refractivity contribution is -0.194. The molecule has 1 aromatic rings. The van der Waals surface area contributed by atoms with Crippen molar-refractivity contribution in [2.24, 2.45) is 0 Å². The molecule has 0 saturated carbocycles. The van der Waals surface area contributed by atoms with Crippen LogP contribution in [0.1, 0.15) is 20.1 Å². The summed E-state index contributed by atoms with van der Waals surface area (Å²) in [7, 11) is 0. The van der Waals surface area contributed by atoms with Gasteiger partial charge in [0, 0.05) is 10.6 Å². The van der Waals surface area contributed by atoms with Gasteiger partial charge in [-0.15, -0.1) is 0 Å². The second-order valence-electron chi connectivity index (χ2n) is 5.45. The fourth-order valence-corrected chi connectivity index (χ4v) is 3.50. The van der Waals surface area contributed by atoms with Gasteiger partial charge in [0.25, 0.3) is 0 Å². The summed E-state index contributed by atoms with van der Waals surface area (Å²) in [5.74, 6) is -0.711. The van der Waals surface area contributed by atoms with Crippen molar-refractivity contribution in [1.82, 2.24) is 9.55 Å². The molecule has 2 aliphatic heterocycles. The molecule has 9 heteroatoms. The van der Waals surface area contributed by atoms with Crippen molar-refractivity contribution in [1.29, 1.82) is 0 Å². The topological polar surface area (TPSA) is 88.6 Å². The number of nitrogens with two attached hydrogens (primary N) is 1. The fourth-order valence-electron chi connectivity index (χ4n) is 2.65. The number of hydrogen-bond donors (Lipinski definition) is 1. The van der Waals surface area contributed by atoms with Crippen LogP contribution in [0, 0.1) is 0 Å². The monoisotopic (exact) mass is 427 g/mol. The molecule has 0 aromatic carbocycles. The molecule has 1 aromatic heterocycles. The molecule has 2 N–H and O–H groups in total. The van der Waals surface area contributed by atoms with Crippen LogP contribution in [0.5, 0.6) is 0 Å². The largest absolute Gasteiger partial charge is 0.382 e. The molecule has 2 aliphatic rings. The molecule has 116 valence electrons. The zero-order chi connectivity index (χ0) is 15.4. The number of rotatable bonds is 2. The number of nitrogens with zero attached hydrogens (tertiary/aromatic N) is 2. The first-order valence-corrected chi connectivity index (χ1v) is 8.34. The fraction of sp³-hybridized carbons (Fsp3) is 0.667. The van der Waals surface area contributed by atoms with Crippen LogP contribution in [0.4, 0.5) is 5.82 Å². The molecule has 0 aliphatic carbocycles. The average molecular weight is 428 g/mol. The lowest BCUT2D eigenvalue weighted by atomic mass is 10.1. The van der Waals surface area contributed by atoms with Crippen molar-refractivity contribution in [3.8, 4) is 0 Å². The molecule has 4 atom stereocenters. The Balaban J connectivity index is 1.99. The molecule has 1 unspecified atom stereocenters. The Bertz CT molecular complexity index is 623. The third kappa shape index (κ3) is 2.67. The molecule has 0 spiro atoms. The first kappa shape index (κ1) is 15.5. The maximum atomic E-state index is 12.1. The van der Waals surface area contributed by atoms with Crippen molar-refractivity contribution in [2.75, 3.05) is 10.2 Å². The molecule has 0 radical (unpaired) electrons. The zero-order valence-electron chi connectivity index (χ0n) is 11.5. The third-order valence-electron chi connectivity index (χ3n) is 3.49. The van der Waals surface area contributed by atoms with Crippen molar-refractivity contribution in [2.45, 2.75) is 44.2 Å². The summed E-state index contributed by atoms with van der Waals surface area (Å²) in [4.78, 5) is 15.8. The van der Waals surface area contributed by atoms with Crippen LogP contribution < -0.4 is 11.4 Å². The SMILES string of the molecule is CC1(C)OC2[C@@H](CI)O[C@@H](n3cc(Cl)c(N)nc3=O)[C@H]2O1. The van der Waals surface area contributed by atoms with Gasteiger partial charge in [-0.1, -0.05) is 34.2 Å². The first-order valence-electron chi connectivity index (χ1n) is 6.43. The second-order valence-corrected chi connectivity index (χ2v) is 6.74. The van der Waals surface area contributed by atoms with E-state index in [1.165, 1.54) is 10.8 Å². The number of aromatic nitrogens is 2. The highest BCUT2D eigenvalue weighted by Crippen LogP contribution is 2.43. The smallest absolute Gasteiger partial charge is 0.351 e. The van der Waals surface area contributed by atoms with Crippen LogP contribution in [0.15, 0.2) is 11.0 Å². The summed E-state index contributed by atoms with van der Waals surface area (Å²) in [5.41, 5.74) is 5.01. The van der Waals surface area contributed by atoms with Crippen LogP contribution in [-0.4, -0.2) is 38.1 Å². The number of alkyl halides is 1. The van der Waals surface area contributed by atoms with Crippen LogP contribution in [0.2, 0.25) is 5.02 Å². The van der Waals surface area contributed by atoms with Gasteiger partial charge in [-0.05, 0) is 13.8 Å². The van der Waals surface area contributed by atoms with Gasteiger partial charge in [-0.2, -0.15) is 4.98 Å². The molecular formula is C12H15ClIN3O4. The summed E-state index contributed by atoms with van der Waals surface area (Å²) in [6.07, 6.45) is 0.0161. The van der Waals surface area contributed by atoms with Crippen LogP contribution in [0.25, 0.3) is 0 Å². The number of anilines is 1. The van der Waals surface area contributed by atoms with E-state index in [0.717, 1.165) is 4.43 Å². The van der Waals surface area contributed by atoms with Gasteiger partial charge in [0.1, 0.15) is 18.0 Å². The highest BCUT2D eigenvalue weighted by molar-refractivity contribution is 14.1. The van der Waals surface area contributed by atoms with Crippen LogP contribution in [-0.2, 0) is 14.2 Å². The average Bonchev–Trinajstić information content (AvgIpc) is 2.87. The Labute approximate surface area is 139 Å². The molecule has 21 heavy (non-hydrogen) atoms. The minimum atomic E-state index is -0.712. The van der Waals surface area contributed by atoms with E-state index in [0.29, 0.717) is 0 Å². The highest BCUT2D eigenvalue weighted by atomic mass is 127. The van der Waals surface area contributed by atoms with E-state index in [4.69, 9.17) is 31.5 Å². The Hall–Kier alpha value is -0.420. The molecule has 0 bridgehead atoms. The summed E-state index contributed by atoms with van der Waals surface area (Å²) in [5, 5.41) is 0.200. The van der Waals surface area contributed by atoms with E-state index in [-0.39, 0.29) is 29.2 Å². The second kappa shape index (κ2) is 5.34. The van der Waals surface area contributed by atoms with Crippen molar-refractivity contribution >= 4 is 40.0 Å². The maximum Gasteiger partial charge on any atom is 0.351 e. The van der Waals surface area contributed by atoms with Crippen molar-refractivity contribution < 1.29 is 14.2 Å². The predicted molar refractivity (Wildman–Crippen MR) is 84.5 cm³/mol. The Morgan fingerprint density at radius 3 is 2.81 bits per heavy atom. The van der Waals surface area contributed by atoms with Gasteiger partial charge in [0.15, 0.2) is 12.0 Å². The van der Waals surface area contributed by atoms with Crippen molar-refractivity contribution in [3.63, 3.8) is 0 Å². The number of halogens is 2. The Kier molecular flexibility index (Phi) is 3.93. The minimum Gasteiger partial charge on any atom is -0.382 e. The summed E-state index contributed by atoms with van der Waals surface area (Å²) in [6.45, 7) is 3.67. The first-order chi connectivity index (χ1) is 9.82. The van der Waals surface area contributed by atoms with Crippen molar-refractivity contribution in [3.05, 3.63) is 21.7 Å². The zero-order valence-corrected chi connectivity index (χ0v) is 14.4. The lowest BCUT2D eigenvalue weighted by Crippen LogP contribution is -2.35. The quantitative estimate of drug-likeness (QED) is 0.566. The number of hydrogen-bond acceptors (Lipinski definition) is 6. The lowest BCUT2D eigenvalue weighted by Gasteiger charge is -2.24. The molecule has 3 heterocycles. The summed E-state index contributed by atoms with van der Waals surface area (Å²) >= 11 is 8.18. The number of nitrogen functional groups attached to an aromatic ring is 1. The van der Waals surface area contributed by atoms with Gasteiger partial charge in [-0.25, -0.2) is 4.79 Å². The Morgan fingerprint density at radius 1 is 1.48 bits per heavy atom. The van der Waals surface area contributed by atoms with E-state index in [9.17, 15) is 4.79 Å². The van der Waals surface area contributed by atoms with E-state index >= 15 is 0 Å². The molecule has 7 nitrogen and oxygen atoms in total. The van der Waals surface area contributed by atoms with Gasteiger partial charge in [0.05, 0.1) is 11.1 Å². The van der Waals surface area contributed by atoms with Crippen LogP contribution >= 0.6 is 34.2 Å². The molecule has 2 saturated heterocycles. The third-order valence-corrected chi connectivity index (χ3v) is 4.64. The Morgan fingerprint density at radius 2 is 2.14 bits per heavy atom. The maximum absolute atomic E-state index is 12.1. The van der Waals surface area contributed by atoms with Crippen LogP contribution in [0.3, 0.4) is 0 Å². The van der Waals surface area contributed by atoms with Gasteiger partial charge in [-0.3, -0.25) is 4.57 Å². The normalized spacial score (nSPS) is 34.1. The predicted octanol–water partition coefficient (Wildman–Crippen LogP) is 1.33.